The first kappa shape index (κ1) is 13.5. The summed E-state index contributed by atoms with van der Waals surface area (Å²) in [6, 6.07) is 0. The molecule has 0 aliphatic heterocycles. The highest BCUT2D eigenvalue weighted by molar-refractivity contribution is 14.1. The smallest absolute Gasteiger partial charge is 0.284 e. The lowest BCUT2D eigenvalue weighted by Crippen LogP contribution is -2.16. The molecule has 0 spiro atoms. The minimum Gasteiger partial charge on any atom is -0.493 e. The zero-order valence-corrected chi connectivity index (χ0v) is 10.9. The molecule has 0 unspecified atom stereocenters. The number of aromatic nitrogens is 1. The van der Waals surface area contributed by atoms with Crippen LogP contribution in [0.5, 0.6) is 5.75 Å². The summed E-state index contributed by atoms with van der Waals surface area (Å²) < 4.78 is 52.3. The Kier molecular flexibility index (Phi) is 4.02. The molecule has 2 N–H and O–H groups in total. The van der Waals surface area contributed by atoms with Crippen molar-refractivity contribution in [2.45, 2.75) is 11.3 Å². The van der Waals surface area contributed by atoms with Crippen molar-refractivity contribution >= 4 is 32.6 Å². The molecule has 0 radical (unpaired) electrons. The Morgan fingerprint density at radius 1 is 1.56 bits per heavy atom. The van der Waals surface area contributed by atoms with Gasteiger partial charge in [0, 0.05) is 6.20 Å². The van der Waals surface area contributed by atoms with Crippen molar-refractivity contribution < 1.29 is 21.9 Å². The molecule has 0 aliphatic rings. The number of methoxy groups -OCH3 is 1. The van der Waals surface area contributed by atoms with Gasteiger partial charge >= 0.3 is 0 Å². The van der Waals surface area contributed by atoms with E-state index in [0.717, 1.165) is 13.3 Å². The van der Waals surface area contributed by atoms with Gasteiger partial charge in [-0.1, -0.05) is 0 Å². The molecule has 0 aliphatic carbocycles. The Morgan fingerprint density at radius 3 is 2.50 bits per heavy atom. The average molecular weight is 364 g/mol. The number of nitrogens with two attached hydrogens (primary N) is 1. The topological polar surface area (TPSA) is 82.3 Å². The fraction of sp³-hybridized carbons (Fsp3) is 0.286. The average Bonchev–Trinajstić information content (AvgIpc) is 2.14. The summed E-state index contributed by atoms with van der Waals surface area (Å²) in [5.74, 6) is -0.510. The van der Waals surface area contributed by atoms with Gasteiger partial charge in [0.05, 0.1) is 10.7 Å². The molecule has 9 heteroatoms. The lowest BCUT2D eigenvalue weighted by atomic mass is 10.3. The third kappa shape index (κ3) is 2.58. The second kappa shape index (κ2) is 4.75. The van der Waals surface area contributed by atoms with Crippen LogP contribution in [0.4, 0.5) is 8.78 Å². The quantitative estimate of drug-likeness (QED) is 0.820. The molecule has 0 saturated carbocycles. The number of sulfonamides is 1. The van der Waals surface area contributed by atoms with Gasteiger partial charge in [-0.05, 0) is 22.6 Å². The van der Waals surface area contributed by atoms with E-state index in [2.05, 4.69) is 9.72 Å². The monoisotopic (exact) mass is 364 g/mol. The van der Waals surface area contributed by atoms with E-state index in [4.69, 9.17) is 5.14 Å². The van der Waals surface area contributed by atoms with Gasteiger partial charge in [-0.3, -0.25) is 4.98 Å². The van der Waals surface area contributed by atoms with Crippen molar-refractivity contribution in [1.29, 1.82) is 0 Å². The molecular formula is C7H7F2IN2O3S. The Hall–Kier alpha value is -0.550. The van der Waals surface area contributed by atoms with Crippen LogP contribution < -0.4 is 9.88 Å². The summed E-state index contributed by atoms with van der Waals surface area (Å²) in [5.41, 5.74) is -0.744. The number of hydrogen-bond acceptors (Lipinski definition) is 4. The maximum absolute atomic E-state index is 12.5. The van der Waals surface area contributed by atoms with Crippen molar-refractivity contribution in [1.82, 2.24) is 4.98 Å². The van der Waals surface area contributed by atoms with E-state index >= 15 is 0 Å². The third-order valence-electron chi connectivity index (χ3n) is 1.67. The van der Waals surface area contributed by atoms with Gasteiger partial charge < -0.3 is 4.74 Å². The fourth-order valence-corrected chi connectivity index (χ4v) is 3.16. The van der Waals surface area contributed by atoms with Crippen molar-refractivity contribution in [3.8, 4) is 5.75 Å². The van der Waals surface area contributed by atoms with Crippen LogP contribution in [0.15, 0.2) is 11.1 Å². The molecule has 0 bridgehead atoms. The molecule has 16 heavy (non-hydrogen) atoms. The summed E-state index contributed by atoms with van der Waals surface area (Å²) in [7, 11) is -3.06. The van der Waals surface area contributed by atoms with Gasteiger partial charge in [0.15, 0.2) is 5.75 Å². The summed E-state index contributed by atoms with van der Waals surface area (Å²) >= 11 is 1.63. The summed E-state index contributed by atoms with van der Waals surface area (Å²) in [4.78, 5) is 2.95. The summed E-state index contributed by atoms with van der Waals surface area (Å²) in [6.45, 7) is 0. The fourth-order valence-electron chi connectivity index (χ4n) is 1.09. The van der Waals surface area contributed by atoms with Crippen LogP contribution >= 0.6 is 22.6 Å². The first-order valence-corrected chi connectivity index (χ1v) is 6.45. The lowest BCUT2D eigenvalue weighted by Gasteiger charge is -2.12. The maximum Gasteiger partial charge on any atom is 0.284 e. The van der Waals surface area contributed by atoms with Crippen LogP contribution in [0.25, 0.3) is 0 Å². The van der Waals surface area contributed by atoms with Gasteiger partial charge in [-0.2, -0.15) is 0 Å². The molecule has 90 valence electrons. The first-order valence-electron chi connectivity index (χ1n) is 3.82. The van der Waals surface area contributed by atoms with E-state index < -0.39 is 32.8 Å². The van der Waals surface area contributed by atoms with Crippen molar-refractivity contribution in [2.24, 2.45) is 5.14 Å². The van der Waals surface area contributed by atoms with Crippen LogP contribution in [0.3, 0.4) is 0 Å². The standard InChI is InChI=1S/C7H7F2IN2O3S/c1-15-5-4(7(8)9)12-2-3(10)6(5)16(11,13)14/h2,7H,1H3,(H2,11,13,14). The normalized spacial score (nSPS) is 11.9. The number of ether oxygens (including phenoxy) is 1. The minimum absolute atomic E-state index is 0.126. The lowest BCUT2D eigenvalue weighted by molar-refractivity contribution is 0.140. The van der Waals surface area contributed by atoms with Crippen molar-refractivity contribution in [2.75, 3.05) is 7.11 Å². The van der Waals surface area contributed by atoms with E-state index in [0.29, 0.717) is 0 Å². The van der Waals surface area contributed by atoms with E-state index in [1.54, 1.807) is 22.6 Å². The van der Waals surface area contributed by atoms with Gasteiger partial charge in [0.25, 0.3) is 6.43 Å². The number of nitrogens with zero attached hydrogens (tertiary/aromatic N) is 1. The minimum atomic E-state index is -4.14. The van der Waals surface area contributed by atoms with Gasteiger partial charge in [0.1, 0.15) is 10.6 Å². The second-order valence-corrected chi connectivity index (χ2v) is 5.36. The second-order valence-electron chi connectivity index (χ2n) is 2.70. The van der Waals surface area contributed by atoms with Gasteiger partial charge in [-0.25, -0.2) is 22.3 Å². The Balaban J connectivity index is 3.64. The number of rotatable bonds is 3. The SMILES string of the molecule is COc1c(C(F)F)ncc(I)c1S(N)(=O)=O. The molecule has 0 fully saturated rings. The van der Waals surface area contributed by atoms with Crippen LogP contribution in [-0.4, -0.2) is 20.5 Å². The largest absolute Gasteiger partial charge is 0.493 e. The molecule has 1 rings (SSSR count). The van der Waals surface area contributed by atoms with Gasteiger partial charge in [-0.15, -0.1) is 0 Å². The number of primary sulfonamides is 1. The van der Waals surface area contributed by atoms with E-state index in [1.165, 1.54) is 0 Å². The molecule has 1 heterocycles. The molecule has 1 aromatic heterocycles. The molecule has 0 amide bonds. The Bertz CT molecular complexity index is 507. The number of hydrogen-bond donors (Lipinski definition) is 1. The molecule has 5 nitrogen and oxygen atoms in total. The third-order valence-corrected chi connectivity index (χ3v) is 3.83. The van der Waals surface area contributed by atoms with Crippen molar-refractivity contribution in [3.05, 3.63) is 15.5 Å². The zero-order valence-electron chi connectivity index (χ0n) is 7.95. The van der Waals surface area contributed by atoms with Gasteiger partial charge in [0.2, 0.25) is 10.0 Å². The summed E-state index contributed by atoms with van der Waals surface area (Å²) in [5, 5.41) is 4.92. The Morgan fingerprint density at radius 2 is 2.12 bits per heavy atom. The van der Waals surface area contributed by atoms with E-state index in [9.17, 15) is 17.2 Å². The first-order chi connectivity index (χ1) is 7.29. The van der Waals surface area contributed by atoms with Crippen LogP contribution in [0, 0.1) is 3.57 Å². The highest BCUT2D eigenvalue weighted by Crippen LogP contribution is 2.34. The Labute approximate surface area is 104 Å². The van der Waals surface area contributed by atoms with Crippen LogP contribution in [0.1, 0.15) is 12.1 Å². The maximum atomic E-state index is 12.5. The number of halogens is 3. The van der Waals surface area contributed by atoms with E-state index in [1.807, 2.05) is 0 Å². The predicted octanol–water partition coefficient (Wildman–Crippen LogP) is 1.28. The zero-order chi connectivity index (χ0) is 12.5. The van der Waals surface area contributed by atoms with Crippen molar-refractivity contribution in [3.63, 3.8) is 0 Å². The van der Waals surface area contributed by atoms with E-state index in [-0.39, 0.29) is 3.57 Å². The molecular weight excluding hydrogens is 357 g/mol. The molecule has 0 saturated heterocycles. The molecule has 1 aromatic rings. The highest BCUT2D eigenvalue weighted by Gasteiger charge is 2.26. The number of pyridine rings is 1. The number of alkyl halides is 2. The molecule has 0 aromatic carbocycles. The van der Waals surface area contributed by atoms with Crippen LogP contribution in [-0.2, 0) is 10.0 Å². The predicted molar refractivity (Wildman–Crippen MR) is 59.8 cm³/mol. The molecule has 0 atom stereocenters. The summed E-state index contributed by atoms with van der Waals surface area (Å²) in [6.07, 6.45) is -1.93. The van der Waals surface area contributed by atoms with Crippen LogP contribution in [0.2, 0.25) is 0 Å². The highest BCUT2D eigenvalue weighted by atomic mass is 127.